The Morgan fingerprint density at radius 1 is 1.77 bits per heavy atom. The molecular formula is C7H10N4O2. The van der Waals surface area contributed by atoms with Crippen LogP contribution in [0.2, 0.25) is 0 Å². The van der Waals surface area contributed by atoms with Gasteiger partial charge >= 0.3 is 0 Å². The monoisotopic (exact) mass is 182 g/mol. The molecule has 0 aliphatic carbocycles. The molecule has 6 nitrogen and oxygen atoms in total. The lowest BCUT2D eigenvalue weighted by atomic mass is 10.2. The molecule has 1 aromatic rings. The van der Waals surface area contributed by atoms with Crippen molar-refractivity contribution in [2.75, 3.05) is 13.2 Å². The molecule has 6 heteroatoms. The van der Waals surface area contributed by atoms with E-state index in [1.54, 1.807) is 17.1 Å². The minimum atomic E-state index is -0.909. The van der Waals surface area contributed by atoms with Crippen LogP contribution in [0.3, 0.4) is 0 Å². The quantitative estimate of drug-likeness (QED) is 0.594. The predicted octanol–water partition coefficient (Wildman–Crippen LogP) is -1.21. The number of carbonyl (C=O) groups is 1. The Balaban J connectivity index is 2.10. The summed E-state index contributed by atoms with van der Waals surface area (Å²) < 4.78 is 6.86. The van der Waals surface area contributed by atoms with Gasteiger partial charge in [-0.15, -0.1) is 5.10 Å². The Kier molecular flexibility index (Phi) is 2.07. The summed E-state index contributed by atoms with van der Waals surface area (Å²) in [5.41, 5.74) is -0.909. The summed E-state index contributed by atoms with van der Waals surface area (Å²) in [7, 11) is 0. The van der Waals surface area contributed by atoms with Gasteiger partial charge in [0.25, 0.3) is 0 Å². The van der Waals surface area contributed by atoms with Crippen molar-refractivity contribution >= 4 is 6.29 Å². The van der Waals surface area contributed by atoms with Gasteiger partial charge in [-0.05, 0) is 0 Å². The normalized spacial score (nSPS) is 27.7. The third kappa shape index (κ3) is 1.58. The van der Waals surface area contributed by atoms with Crippen LogP contribution in [0.1, 0.15) is 0 Å². The summed E-state index contributed by atoms with van der Waals surface area (Å²) in [5, 5.41) is 10.4. The van der Waals surface area contributed by atoms with Crippen molar-refractivity contribution < 1.29 is 9.53 Å². The standard InChI is InChI=1S/C7H10N4O2/c12-6-7(8-2-4-13-7)5-11-3-1-9-10-11/h1,3,6,8H,2,4-5H2. The molecule has 2 heterocycles. The summed E-state index contributed by atoms with van der Waals surface area (Å²) in [4.78, 5) is 10.8. The zero-order chi connectivity index (χ0) is 9.15. The first-order chi connectivity index (χ1) is 6.35. The maximum Gasteiger partial charge on any atom is 0.195 e. The molecular weight excluding hydrogens is 172 g/mol. The van der Waals surface area contributed by atoms with Gasteiger partial charge in [0.2, 0.25) is 0 Å². The summed E-state index contributed by atoms with van der Waals surface area (Å²) in [6.45, 7) is 1.59. The fraction of sp³-hybridized carbons (Fsp3) is 0.571. The molecule has 0 radical (unpaired) electrons. The fourth-order valence-corrected chi connectivity index (χ4v) is 1.32. The van der Waals surface area contributed by atoms with E-state index in [1.165, 1.54) is 0 Å². The summed E-state index contributed by atoms with van der Waals surface area (Å²) in [6.07, 6.45) is 4.02. The number of ether oxygens (including phenoxy) is 1. The van der Waals surface area contributed by atoms with Gasteiger partial charge in [-0.1, -0.05) is 5.21 Å². The van der Waals surface area contributed by atoms with Gasteiger partial charge in [0.15, 0.2) is 12.0 Å². The number of carbonyl (C=O) groups excluding carboxylic acids is 1. The van der Waals surface area contributed by atoms with E-state index in [0.717, 1.165) is 6.29 Å². The van der Waals surface area contributed by atoms with Crippen molar-refractivity contribution in [2.24, 2.45) is 0 Å². The molecule has 2 rings (SSSR count). The van der Waals surface area contributed by atoms with E-state index in [-0.39, 0.29) is 0 Å². The van der Waals surface area contributed by atoms with Crippen molar-refractivity contribution in [3.05, 3.63) is 12.4 Å². The molecule has 70 valence electrons. The average Bonchev–Trinajstić information content (AvgIpc) is 2.77. The van der Waals surface area contributed by atoms with Crippen molar-refractivity contribution in [3.63, 3.8) is 0 Å². The molecule has 1 aromatic heterocycles. The van der Waals surface area contributed by atoms with Gasteiger partial charge in [0, 0.05) is 12.7 Å². The molecule has 1 fully saturated rings. The minimum Gasteiger partial charge on any atom is -0.350 e. The van der Waals surface area contributed by atoms with Crippen LogP contribution in [0.5, 0.6) is 0 Å². The fourth-order valence-electron chi connectivity index (χ4n) is 1.32. The largest absolute Gasteiger partial charge is 0.350 e. The maximum absolute atomic E-state index is 10.8. The zero-order valence-electron chi connectivity index (χ0n) is 7.01. The summed E-state index contributed by atoms with van der Waals surface area (Å²) >= 11 is 0. The summed E-state index contributed by atoms with van der Waals surface area (Å²) in [6, 6.07) is 0. The minimum absolute atomic E-state index is 0.358. The molecule has 13 heavy (non-hydrogen) atoms. The Labute approximate surface area is 74.9 Å². The van der Waals surface area contributed by atoms with E-state index in [4.69, 9.17) is 4.74 Å². The van der Waals surface area contributed by atoms with Gasteiger partial charge in [0.05, 0.1) is 19.3 Å². The highest BCUT2D eigenvalue weighted by Gasteiger charge is 2.35. The van der Waals surface area contributed by atoms with Crippen molar-refractivity contribution in [2.45, 2.75) is 12.3 Å². The Morgan fingerprint density at radius 2 is 2.69 bits per heavy atom. The second-order valence-corrected chi connectivity index (χ2v) is 2.88. The molecule has 1 unspecified atom stereocenters. The highest BCUT2D eigenvalue weighted by molar-refractivity contribution is 5.62. The van der Waals surface area contributed by atoms with E-state index < -0.39 is 5.72 Å². The van der Waals surface area contributed by atoms with Crippen LogP contribution in [-0.4, -0.2) is 40.2 Å². The third-order valence-corrected chi connectivity index (χ3v) is 1.95. The van der Waals surface area contributed by atoms with Crippen LogP contribution in [0, 0.1) is 0 Å². The second-order valence-electron chi connectivity index (χ2n) is 2.88. The molecule has 0 aromatic carbocycles. The molecule has 1 aliphatic heterocycles. The smallest absolute Gasteiger partial charge is 0.195 e. The highest BCUT2D eigenvalue weighted by Crippen LogP contribution is 2.11. The van der Waals surface area contributed by atoms with Crippen LogP contribution in [0.25, 0.3) is 0 Å². The predicted molar refractivity (Wildman–Crippen MR) is 42.8 cm³/mol. The van der Waals surface area contributed by atoms with Gasteiger partial charge in [-0.25, -0.2) is 4.68 Å². The molecule has 0 bridgehead atoms. The number of aromatic nitrogens is 3. The van der Waals surface area contributed by atoms with Gasteiger partial charge in [-0.2, -0.15) is 0 Å². The molecule has 1 N–H and O–H groups in total. The molecule has 0 spiro atoms. The number of aldehydes is 1. The van der Waals surface area contributed by atoms with E-state index in [2.05, 4.69) is 15.6 Å². The number of hydrogen-bond donors (Lipinski definition) is 1. The highest BCUT2D eigenvalue weighted by atomic mass is 16.5. The van der Waals surface area contributed by atoms with Crippen LogP contribution in [0.15, 0.2) is 12.4 Å². The van der Waals surface area contributed by atoms with Gasteiger partial charge in [-0.3, -0.25) is 10.1 Å². The van der Waals surface area contributed by atoms with Crippen molar-refractivity contribution in [3.8, 4) is 0 Å². The molecule has 0 saturated carbocycles. The topological polar surface area (TPSA) is 69.0 Å². The molecule has 1 atom stereocenters. The number of hydrogen-bond acceptors (Lipinski definition) is 5. The van der Waals surface area contributed by atoms with Gasteiger partial charge in [0.1, 0.15) is 0 Å². The van der Waals surface area contributed by atoms with Crippen molar-refractivity contribution in [1.82, 2.24) is 20.3 Å². The Bertz CT molecular complexity index is 279. The number of nitrogens with zero attached hydrogens (tertiary/aromatic N) is 3. The van der Waals surface area contributed by atoms with Crippen molar-refractivity contribution in [1.29, 1.82) is 0 Å². The van der Waals surface area contributed by atoms with Crippen LogP contribution < -0.4 is 5.32 Å². The molecule has 0 amide bonds. The van der Waals surface area contributed by atoms with E-state index in [9.17, 15) is 4.79 Å². The number of nitrogens with one attached hydrogen (secondary N) is 1. The lowest BCUT2D eigenvalue weighted by molar-refractivity contribution is -0.129. The summed E-state index contributed by atoms with van der Waals surface area (Å²) in [5.74, 6) is 0. The third-order valence-electron chi connectivity index (χ3n) is 1.95. The van der Waals surface area contributed by atoms with E-state index >= 15 is 0 Å². The van der Waals surface area contributed by atoms with E-state index in [1.807, 2.05) is 0 Å². The first kappa shape index (κ1) is 8.33. The first-order valence-corrected chi connectivity index (χ1v) is 4.04. The lowest BCUT2D eigenvalue weighted by Crippen LogP contribution is -2.46. The Hall–Kier alpha value is -1.27. The number of rotatable bonds is 3. The van der Waals surface area contributed by atoms with Crippen LogP contribution in [-0.2, 0) is 16.1 Å². The second kappa shape index (κ2) is 3.23. The van der Waals surface area contributed by atoms with Crippen LogP contribution >= 0.6 is 0 Å². The Morgan fingerprint density at radius 3 is 3.23 bits per heavy atom. The average molecular weight is 182 g/mol. The van der Waals surface area contributed by atoms with Gasteiger partial charge < -0.3 is 4.74 Å². The SMILES string of the molecule is O=CC1(Cn2ccnn2)NCCO1. The van der Waals surface area contributed by atoms with E-state index in [0.29, 0.717) is 19.7 Å². The molecule has 1 saturated heterocycles. The first-order valence-electron chi connectivity index (χ1n) is 4.04. The zero-order valence-corrected chi connectivity index (χ0v) is 7.01. The van der Waals surface area contributed by atoms with Crippen LogP contribution in [0.4, 0.5) is 0 Å². The maximum atomic E-state index is 10.8. The molecule has 1 aliphatic rings. The lowest BCUT2D eigenvalue weighted by Gasteiger charge is -2.20.